The molecule has 0 radical (unpaired) electrons. The summed E-state index contributed by atoms with van der Waals surface area (Å²) in [5, 5.41) is 9.70. The van der Waals surface area contributed by atoms with Gasteiger partial charge in [0.05, 0.1) is 12.5 Å². The number of para-hydroxylation sites is 1. The van der Waals surface area contributed by atoms with Gasteiger partial charge in [0.2, 0.25) is 11.9 Å². The Labute approximate surface area is 161 Å². The molecule has 2 aromatic carbocycles. The molecule has 0 spiro atoms. The second-order valence-electron chi connectivity index (χ2n) is 6.52. The van der Waals surface area contributed by atoms with E-state index in [-0.39, 0.29) is 30.9 Å². The second-order valence-corrected chi connectivity index (χ2v) is 6.52. The Kier molecular flexibility index (Phi) is 4.76. The SMILES string of the molecule is Cc1ccccc1NC(=O)COc1ccc([C@H]2CC(=O)Nc3ncnn32)cc1. The number of anilines is 2. The van der Waals surface area contributed by atoms with E-state index in [1.54, 1.807) is 16.8 Å². The molecule has 2 amide bonds. The first kappa shape index (κ1) is 17.7. The van der Waals surface area contributed by atoms with Crippen LogP contribution in [0.3, 0.4) is 0 Å². The number of nitrogens with one attached hydrogen (secondary N) is 2. The molecule has 8 heteroatoms. The summed E-state index contributed by atoms with van der Waals surface area (Å²) >= 11 is 0. The largest absolute Gasteiger partial charge is 0.484 e. The van der Waals surface area contributed by atoms with Gasteiger partial charge in [0.15, 0.2) is 6.61 Å². The van der Waals surface area contributed by atoms with Crippen molar-refractivity contribution in [1.29, 1.82) is 0 Å². The quantitative estimate of drug-likeness (QED) is 0.712. The van der Waals surface area contributed by atoms with Crippen LogP contribution >= 0.6 is 0 Å². The van der Waals surface area contributed by atoms with Crippen LogP contribution < -0.4 is 15.4 Å². The van der Waals surface area contributed by atoms with Crippen LogP contribution in [0.2, 0.25) is 0 Å². The minimum absolute atomic E-state index is 0.0905. The Morgan fingerprint density at radius 2 is 2.04 bits per heavy atom. The fraction of sp³-hybridized carbons (Fsp3) is 0.200. The molecule has 8 nitrogen and oxygen atoms in total. The molecule has 0 aliphatic carbocycles. The molecule has 28 heavy (non-hydrogen) atoms. The van der Waals surface area contributed by atoms with E-state index in [1.807, 2.05) is 43.3 Å². The van der Waals surface area contributed by atoms with E-state index >= 15 is 0 Å². The van der Waals surface area contributed by atoms with Crippen LogP contribution in [0, 0.1) is 6.92 Å². The molecule has 4 rings (SSSR count). The van der Waals surface area contributed by atoms with Gasteiger partial charge in [-0.05, 0) is 36.2 Å². The first-order valence-corrected chi connectivity index (χ1v) is 8.88. The highest BCUT2D eigenvalue weighted by Gasteiger charge is 2.27. The van der Waals surface area contributed by atoms with Gasteiger partial charge in [-0.1, -0.05) is 30.3 Å². The van der Waals surface area contributed by atoms with Crippen LogP contribution in [-0.2, 0) is 9.59 Å². The molecular weight excluding hydrogens is 358 g/mol. The first-order valence-electron chi connectivity index (χ1n) is 8.88. The maximum atomic E-state index is 12.1. The lowest BCUT2D eigenvalue weighted by molar-refractivity contribution is -0.118. The van der Waals surface area contributed by atoms with Crippen molar-refractivity contribution >= 4 is 23.5 Å². The maximum absolute atomic E-state index is 12.1. The second kappa shape index (κ2) is 7.51. The molecule has 0 saturated carbocycles. The van der Waals surface area contributed by atoms with E-state index in [0.717, 1.165) is 16.8 Å². The predicted molar refractivity (Wildman–Crippen MR) is 103 cm³/mol. The molecule has 0 saturated heterocycles. The van der Waals surface area contributed by atoms with Crippen LogP contribution in [0.5, 0.6) is 5.75 Å². The third-order valence-electron chi connectivity index (χ3n) is 4.55. The summed E-state index contributed by atoms with van der Waals surface area (Å²) < 4.78 is 7.26. The summed E-state index contributed by atoms with van der Waals surface area (Å²) in [4.78, 5) is 28.0. The molecule has 1 atom stereocenters. The Morgan fingerprint density at radius 3 is 2.82 bits per heavy atom. The molecule has 142 valence electrons. The molecule has 3 aromatic rings. The summed E-state index contributed by atoms with van der Waals surface area (Å²) in [6.07, 6.45) is 1.70. The predicted octanol–water partition coefficient (Wildman–Crippen LogP) is 2.54. The Morgan fingerprint density at radius 1 is 1.25 bits per heavy atom. The van der Waals surface area contributed by atoms with Gasteiger partial charge in [0.1, 0.15) is 12.1 Å². The summed E-state index contributed by atoms with van der Waals surface area (Å²) in [7, 11) is 0. The smallest absolute Gasteiger partial charge is 0.262 e. The molecule has 1 aliphatic rings. The number of hydrogen-bond acceptors (Lipinski definition) is 5. The number of fused-ring (bicyclic) bond motifs is 1. The van der Waals surface area contributed by atoms with Gasteiger partial charge in [-0.25, -0.2) is 4.68 Å². The number of amides is 2. The molecule has 1 aromatic heterocycles. The zero-order chi connectivity index (χ0) is 19.5. The summed E-state index contributed by atoms with van der Waals surface area (Å²) in [5.41, 5.74) is 2.67. The molecular formula is C20H19N5O3. The van der Waals surface area contributed by atoms with E-state index in [2.05, 4.69) is 20.7 Å². The van der Waals surface area contributed by atoms with E-state index in [9.17, 15) is 9.59 Å². The summed E-state index contributed by atoms with van der Waals surface area (Å²) in [6, 6.07) is 14.6. The monoisotopic (exact) mass is 377 g/mol. The lowest BCUT2D eigenvalue weighted by atomic mass is 10.0. The molecule has 2 N–H and O–H groups in total. The van der Waals surface area contributed by atoms with Gasteiger partial charge < -0.3 is 10.1 Å². The minimum Gasteiger partial charge on any atom is -0.484 e. The zero-order valence-corrected chi connectivity index (χ0v) is 15.3. The Balaban J connectivity index is 1.39. The number of aromatic nitrogens is 3. The number of ether oxygens (including phenoxy) is 1. The number of aryl methyl sites for hydroxylation is 1. The van der Waals surface area contributed by atoms with Crippen LogP contribution in [0.25, 0.3) is 0 Å². The zero-order valence-electron chi connectivity index (χ0n) is 15.3. The number of carbonyl (C=O) groups is 2. The topological polar surface area (TPSA) is 98.1 Å². The molecule has 0 bridgehead atoms. The van der Waals surface area contributed by atoms with Crippen LogP contribution in [0.1, 0.15) is 23.6 Å². The highest BCUT2D eigenvalue weighted by molar-refractivity contribution is 5.92. The van der Waals surface area contributed by atoms with Gasteiger partial charge in [0.25, 0.3) is 5.91 Å². The van der Waals surface area contributed by atoms with Crippen molar-refractivity contribution in [2.45, 2.75) is 19.4 Å². The normalized spacial score (nSPS) is 15.5. The van der Waals surface area contributed by atoms with Crippen molar-refractivity contribution in [1.82, 2.24) is 14.8 Å². The fourth-order valence-corrected chi connectivity index (χ4v) is 3.10. The Hall–Kier alpha value is -3.68. The van der Waals surface area contributed by atoms with E-state index in [1.165, 1.54) is 6.33 Å². The van der Waals surface area contributed by atoms with E-state index < -0.39 is 0 Å². The van der Waals surface area contributed by atoms with Crippen molar-refractivity contribution in [3.63, 3.8) is 0 Å². The number of carbonyl (C=O) groups excluding carboxylic acids is 2. The van der Waals surface area contributed by atoms with Crippen LogP contribution in [-0.4, -0.2) is 33.2 Å². The van der Waals surface area contributed by atoms with Gasteiger partial charge in [-0.15, -0.1) is 0 Å². The lowest BCUT2D eigenvalue weighted by Gasteiger charge is -2.23. The highest BCUT2D eigenvalue weighted by atomic mass is 16.5. The van der Waals surface area contributed by atoms with Gasteiger partial charge in [-0.3, -0.25) is 14.9 Å². The number of benzene rings is 2. The summed E-state index contributed by atoms with van der Waals surface area (Å²) in [5.74, 6) is 0.686. The third kappa shape index (κ3) is 3.71. The lowest BCUT2D eigenvalue weighted by Crippen LogP contribution is -2.29. The fourth-order valence-electron chi connectivity index (χ4n) is 3.10. The van der Waals surface area contributed by atoms with Crippen molar-refractivity contribution in [3.05, 3.63) is 66.0 Å². The third-order valence-corrected chi connectivity index (χ3v) is 4.55. The van der Waals surface area contributed by atoms with E-state index in [4.69, 9.17) is 4.74 Å². The number of rotatable bonds is 5. The standard InChI is InChI=1S/C20H19N5O3/c1-13-4-2-3-5-16(13)23-19(27)11-28-15-8-6-14(7-9-15)17-10-18(26)24-20-21-12-22-25(17)20/h2-9,12,17H,10-11H2,1H3,(H,23,27)(H,21,22,24,26)/t17-/m1/s1. The number of hydrogen-bond donors (Lipinski definition) is 2. The van der Waals surface area contributed by atoms with Gasteiger partial charge in [0, 0.05) is 5.69 Å². The molecule has 2 heterocycles. The first-order chi connectivity index (χ1) is 13.6. The van der Waals surface area contributed by atoms with Crippen molar-refractivity contribution in [2.24, 2.45) is 0 Å². The highest BCUT2D eigenvalue weighted by Crippen LogP contribution is 2.29. The minimum atomic E-state index is -0.227. The van der Waals surface area contributed by atoms with Crippen molar-refractivity contribution in [3.8, 4) is 5.75 Å². The summed E-state index contributed by atoms with van der Waals surface area (Å²) in [6.45, 7) is 1.84. The van der Waals surface area contributed by atoms with Crippen LogP contribution in [0.15, 0.2) is 54.9 Å². The van der Waals surface area contributed by atoms with Gasteiger partial charge >= 0.3 is 0 Å². The number of nitrogens with zero attached hydrogens (tertiary/aromatic N) is 3. The van der Waals surface area contributed by atoms with Gasteiger partial charge in [-0.2, -0.15) is 10.1 Å². The molecule has 0 fully saturated rings. The van der Waals surface area contributed by atoms with Crippen LogP contribution in [0.4, 0.5) is 11.6 Å². The average molecular weight is 377 g/mol. The Bertz CT molecular complexity index is 1010. The van der Waals surface area contributed by atoms with Crippen molar-refractivity contribution in [2.75, 3.05) is 17.2 Å². The van der Waals surface area contributed by atoms with E-state index in [0.29, 0.717) is 11.7 Å². The average Bonchev–Trinajstić information content (AvgIpc) is 3.16. The molecule has 1 aliphatic heterocycles. The van der Waals surface area contributed by atoms with Crippen molar-refractivity contribution < 1.29 is 14.3 Å². The maximum Gasteiger partial charge on any atom is 0.262 e. The molecule has 0 unspecified atom stereocenters.